The van der Waals surface area contributed by atoms with Crippen LogP contribution in [0.1, 0.15) is 0 Å². The van der Waals surface area contributed by atoms with E-state index < -0.39 is 18.4 Å². The fraction of sp³-hybridized carbons (Fsp3) is 1.00. The van der Waals surface area contributed by atoms with Gasteiger partial charge in [0.2, 0.25) is 0 Å². The Kier molecular flexibility index (Phi) is 2.46. The molecule has 0 aromatic carbocycles. The van der Waals surface area contributed by atoms with E-state index in [1.165, 1.54) is 0 Å². The maximum atomic E-state index is 9.34. The van der Waals surface area contributed by atoms with Crippen LogP contribution in [0.4, 0.5) is 0 Å². The van der Waals surface area contributed by atoms with E-state index in [4.69, 9.17) is 20.7 Å². The largest absolute Gasteiger partial charge is 0.396 e. The molecule has 5 heteroatoms. The number of hydrogen-bond donors (Lipinski definition) is 4. The van der Waals surface area contributed by atoms with Gasteiger partial charge in [0, 0.05) is 5.92 Å². The van der Waals surface area contributed by atoms with Crippen molar-refractivity contribution < 1.29 is 20.1 Å². The topological polar surface area (TPSA) is 95.9 Å². The zero-order chi connectivity index (χ0) is 8.48. The minimum atomic E-state index is -1.38. The second kappa shape index (κ2) is 3.04. The Labute approximate surface area is 64.4 Å². The molecule has 0 aliphatic carbocycles. The second-order valence-corrected chi connectivity index (χ2v) is 2.81. The smallest absolute Gasteiger partial charge is 0.166 e. The molecule has 0 unspecified atom stereocenters. The van der Waals surface area contributed by atoms with Crippen molar-refractivity contribution in [3.05, 3.63) is 0 Å². The van der Waals surface area contributed by atoms with Crippen molar-refractivity contribution in [2.45, 2.75) is 11.8 Å². The van der Waals surface area contributed by atoms with Gasteiger partial charge in [-0.25, -0.2) is 0 Å². The third-order valence-electron chi connectivity index (χ3n) is 1.99. The van der Waals surface area contributed by atoms with Crippen molar-refractivity contribution in [2.24, 2.45) is 11.7 Å². The van der Waals surface area contributed by atoms with Crippen LogP contribution in [0.5, 0.6) is 0 Å². The Balaban J connectivity index is 2.61. The molecule has 0 amide bonds. The van der Waals surface area contributed by atoms with Crippen LogP contribution in [0.25, 0.3) is 0 Å². The van der Waals surface area contributed by atoms with Gasteiger partial charge in [-0.2, -0.15) is 0 Å². The standard InChI is InChI=1S/C6H13NO4/c7-6(3-9)5(10)4(1-8)2-11-6/h4-5,8-10H,1-3,7H2/t4-,5-,6+/m1/s1. The highest BCUT2D eigenvalue weighted by atomic mass is 16.5. The van der Waals surface area contributed by atoms with Crippen LogP contribution in [0.3, 0.4) is 0 Å². The van der Waals surface area contributed by atoms with Crippen LogP contribution in [-0.2, 0) is 4.74 Å². The third-order valence-corrected chi connectivity index (χ3v) is 1.99. The monoisotopic (exact) mass is 163 g/mol. The van der Waals surface area contributed by atoms with E-state index in [0.29, 0.717) is 0 Å². The molecule has 0 saturated carbocycles. The molecule has 5 nitrogen and oxygen atoms in total. The summed E-state index contributed by atoms with van der Waals surface area (Å²) in [5.74, 6) is -0.382. The molecule has 1 heterocycles. The van der Waals surface area contributed by atoms with E-state index in [-0.39, 0.29) is 19.1 Å². The van der Waals surface area contributed by atoms with Gasteiger partial charge >= 0.3 is 0 Å². The lowest BCUT2D eigenvalue weighted by molar-refractivity contribution is -0.0883. The molecule has 0 aromatic heterocycles. The molecule has 1 fully saturated rings. The van der Waals surface area contributed by atoms with E-state index in [1.54, 1.807) is 0 Å². The minimum Gasteiger partial charge on any atom is -0.396 e. The zero-order valence-electron chi connectivity index (χ0n) is 6.10. The van der Waals surface area contributed by atoms with Crippen LogP contribution in [0.2, 0.25) is 0 Å². The van der Waals surface area contributed by atoms with Gasteiger partial charge < -0.3 is 20.1 Å². The summed E-state index contributed by atoms with van der Waals surface area (Å²) in [7, 11) is 0. The van der Waals surface area contributed by atoms with Crippen LogP contribution in [0, 0.1) is 5.92 Å². The average molecular weight is 163 g/mol. The van der Waals surface area contributed by atoms with Gasteiger partial charge in [-0.05, 0) is 0 Å². The first-order valence-electron chi connectivity index (χ1n) is 3.46. The Morgan fingerprint density at radius 2 is 2.18 bits per heavy atom. The predicted octanol–water partition coefficient (Wildman–Crippen LogP) is -2.37. The van der Waals surface area contributed by atoms with Crippen molar-refractivity contribution in [3.63, 3.8) is 0 Å². The molecule has 0 spiro atoms. The zero-order valence-corrected chi connectivity index (χ0v) is 6.10. The van der Waals surface area contributed by atoms with Crippen LogP contribution >= 0.6 is 0 Å². The minimum absolute atomic E-state index is 0.180. The molecule has 3 atom stereocenters. The Hall–Kier alpha value is -0.200. The van der Waals surface area contributed by atoms with E-state index in [9.17, 15) is 5.11 Å². The molecule has 1 aliphatic rings. The molecule has 11 heavy (non-hydrogen) atoms. The lowest BCUT2D eigenvalue weighted by Crippen LogP contribution is -2.53. The van der Waals surface area contributed by atoms with Crippen molar-refractivity contribution >= 4 is 0 Å². The first kappa shape index (κ1) is 8.89. The number of rotatable bonds is 2. The highest BCUT2D eigenvalue weighted by Gasteiger charge is 2.45. The van der Waals surface area contributed by atoms with Crippen LogP contribution < -0.4 is 5.73 Å². The molecular weight excluding hydrogens is 150 g/mol. The summed E-state index contributed by atoms with van der Waals surface area (Å²) in [5, 5.41) is 26.7. The number of ether oxygens (including phenoxy) is 1. The normalized spacial score (nSPS) is 44.7. The second-order valence-electron chi connectivity index (χ2n) is 2.81. The summed E-state index contributed by atoms with van der Waals surface area (Å²) in [4.78, 5) is 0. The summed E-state index contributed by atoms with van der Waals surface area (Å²) in [5.41, 5.74) is 4.05. The molecule has 1 aliphatic heterocycles. The summed E-state index contributed by atoms with van der Waals surface area (Å²) in [6.07, 6.45) is -0.988. The third kappa shape index (κ3) is 1.38. The summed E-state index contributed by atoms with van der Waals surface area (Å²) < 4.78 is 4.92. The highest BCUT2D eigenvalue weighted by molar-refractivity contribution is 4.92. The molecule has 0 aromatic rings. The van der Waals surface area contributed by atoms with Crippen molar-refractivity contribution in [1.82, 2.24) is 0 Å². The first-order valence-corrected chi connectivity index (χ1v) is 3.46. The summed E-state index contributed by atoms with van der Waals surface area (Å²) >= 11 is 0. The van der Waals surface area contributed by atoms with Gasteiger partial charge in [-0.1, -0.05) is 0 Å². The molecule has 1 rings (SSSR count). The SMILES string of the molecule is N[C@@]1(CO)OC[C@@H](CO)[C@H]1O. The molecule has 0 radical (unpaired) electrons. The van der Waals surface area contributed by atoms with Crippen LogP contribution in [0.15, 0.2) is 0 Å². The summed E-state index contributed by atoms with van der Waals surface area (Å²) in [6, 6.07) is 0. The lowest BCUT2D eigenvalue weighted by Gasteiger charge is -2.25. The first-order chi connectivity index (χ1) is 5.14. The Morgan fingerprint density at radius 3 is 2.45 bits per heavy atom. The van der Waals surface area contributed by atoms with Crippen LogP contribution in [-0.4, -0.2) is 47.0 Å². The van der Waals surface area contributed by atoms with E-state index >= 15 is 0 Å². The predicted molar refractivity (Wildman–Crippen MR) is 36.5 cm³/mol. The molecular formula is C6H13NO4. The van der Waals surface area contributed by atoms with Crippen molar-refractivity contribution in [3.8, 4) is 0 Å². The van der Waals surface area contributed by atoms with Gasteiger partial charge in [-0.3, -0.25) is 5.73 Å². The van der Waals surface area contributed by atoms with Gasteiger partial charge in [0.25, 0.3) is 0 Å². The Bertz CT molecular complexity index is 143. The van der Waals surface area contributed by atoms with Gasteiger partial charge in [0.05, 0.1) is 19.8 Å². The Morgan fingerprint density at radius 1 is 1.55 bits per heavy atom. The maximum absolute atomic E-state index is 9.34. The number of nitrogens with two attached hydrogens (primary N) is 1. The summed E-state index contributed by atoms with van der Waals surface area (Å²) in [6.45, 7) is -0.431. The van der Waals surface area contributed by atoms with Gasteiger partial charge in [0.1, 0.15) is 6.10 Å². The van der Waals surface area contributed by atoms with Crippen molar-refractivity contribution in [1.29, 1.82) is 0 Å². The fourth-order valence-electron chi connectivity index (χ4n) is 1.13. The number of hydrogen-bond acceptors (Lipinski definition) is 5. The quantitative estimate of drug-likeness (QED) is 0.365. The molecule has 1 saturated heterocycles. The number of aliphatic hydroxyl groups excluding tert-OH is 3. The molecule has 5 N–H and O–H groups in total. The fourth-order valence-corrected chi connectivity index (χ4v) is 1.13. The number of aliphatic hydroxyl groups is 3. The average Bonchev–Trinajstić information content (AvgIpc) is 2.31. The molecule has 0 bridgehead atoms. The van der Waals surface area contributed by atoms with Gasteiger partial charge in [0.15, 0.2) is 5.72 Å². The lowest BCUT2D eigenvalue weighted by atomic mass is 9.99. The highest BCUT2D eigenvalue weighted by Crippen LogP contribution is 2.25. The van der Waals surface area contributed by atoms with Gasteiger partial charge in [-0.15, -0.1) is 0 Å². The molecule has 66 valence electrons. The van der Waals surface area contributed by atoms with E-state index in [2.05, 4.69) is 0 Å². The maximum Gasteiger partial charge on any atom is 0.166 e. The van der Waals surface area contributed by atoms with Crippen molar-refractivity contribution in [2.75, 3.05) is 19.8 Å². The van der Waals surface area contributed by atoms with E-state index in [0.717, 1.165) is 0 Å². The van der Waals surface area contributed by atoms with E-state index in [1.807, 2.05) is 0 Å².